The number of aliphatic imine (C=N–C) groups is 1. The van der Waals surface area contributed by atoms with Gasteiger partial charge in [0.15, 0.2) is 0 Å². The molecule has 0 fully saturated rings. The summed E-state index contributed by atoms with van der Waals surface area (Å²) in [6.07, 6.45) is 9.12. The molecule has 1 heterocycles. The van der Waals surface area contributed by atoms with Gasteiger partial charge in [0.1, 0.15) is 0 Å². The molecule has 2 aliphatic rings. The molecule has 1 nitrogen and oxygen atoms in total. The number of allylic oxidation sites excluding steroid dienone is 2. The van der Waals surface area contributed by atoms with E-state index in [2.05, 4.69) is 37.1 Å². The minimum absolute atomic E-state index is 0.463. The SMILES string of the molecule is CCC1=NC2C=C(C)C=CC2C1. The van der Waals surface area contributed by atoms with Crippen molar-refractivity contribution in [1.82, 2.24) is 0 Å². The van der Waals surface area contributed by atoms with Crippen LogP contribution < -0.4 is 0 Å². The molecule has 1 heteroatoms. The normalized spacial score (nSPS) is 32.8. The summed E-state index contributed by atoms with van der Waals surface area (Å²) in [6, 6.07) is 0.463. The molecular weight excluding hydrogens is 146 g/mol. The van der Waals surface area contributed by atoms with Crippen molar-refractivity contribution in [3.8, 4) is 0 Å². The maximum absolute atomic E-state index is 4.67. The molecule has 64 valence electrons. The Balaban J connectivity index is 2.19. The van der Waals surface area contributed by atoms with Gasteiger partial charge >= 0.3 is 0 Å². The molecule has 0 N–H and O–H groups in total. The third-order valence-electron chi connectivity index (χ3n) is 2.69. The first kappa shape index (κ1) is 7.78. The Morgan fingerprint density at radius 2 is 2.42 bits per heavy atom. The number of nitrogens with zero attached hydrogens (tertiary/aromatic N) is 1. The van der Waals surface area contributed by atoms with Crippen LogP contribution in [0.15, 0.2) is 28.8 Å². The van der Waals surface area contributed by atoms with Crippen LogP contribution >= 0.6 is 0 Å². The van der Waals surface area contributed by atoms with Gasteiger partial charge in [-0.15, -0.1) is 0 Å². The summed E-state index contributed by atoms with van der Waals surface area (Å²) in [4.78, 5) is 4.67. The van der Waals surface area contributed by atoms with E-state index in [0.29, 0.717) is 12.0 Å². The average Bonchev–Trinajstić information content (AvgIpc) is 2.46. The fourth-order valence-electron chi connectivity index (χ4n) is 1.93. The molecular formula is C11H15N. The van der Waals surface area contributed by atoms with Gasteiger partial charge in [-0.2, -0.15) is 0 Å². The first-order chi connectivity index (χ1) is 5.79. The largest absolute Gasteiger partial charge is 0.286 e. The molecule has 1 aliphatic heterocycles. The first-order valence-electron chi connectivity index (χ1n) is 4.71. The standard InChI is InChI=1S/C11H15N/c1-3-10-7-9-5-4-8(2)6-11(9)12-10/h4-6,9,11H,3,7H2,1-2H3. The lowest BCUT2D eigenvalue weighted by Gasteiger charge is -2.14. The van der Waals surface area contributed by atoms with Gasteiger partial charge in [-0.3, -0.25) is 4.99 Å². The first-order valence-corrected chi connectivity index (χ1v) is 4.71. The Kier molecular flexibility index (Phi) is 1.87. The van der Waals surface area contributed by atoms with Crippen LogP contribution in [0, 0.1) is 5.92 Å². The van der Waals surface area contributed by atoms with Crippen molar-refractivity contribution in [2.45, 2.75) is 32.7 Å². The van der Waals surface area contributed by atoms with Crippen LogP contribution in [0.5, 0.6) is 0 Å². The topological polar surface area (TPSA) is 12.4 Å². The van der Waals surface area contributed by atoms with Crippen molar-refractivity contribution in [3.05, 3.63) is 23.8 Å². The molecule has 1 aliphatic carbocycles. The van der Waals surface area contributed by atoms with Crippen LogP contribution in [-0.2, 0) is 0 Å². The van der Waals surface area contributed by atoms with Crippen LogP contribution in [0.25, 0.3) is 0 Å². The highest BCUT2D eigenvalue weighted by Gasteiger charge is 2.26. The van der Waals surface area contributed by atoms with Gasteiger partial charge in [-0.1, -0.05) is 30.7 Å². The highest BCUT2D eigenvalue weighted by atomic mass is 14.8. The average molecular weight is 161 g/mol. The minimum atomic E-state index is 0.463. The molecule has 0 amide bonds. The molecule has 2 rings (SSSR count). The number of rotatable bonds is 1. The molecule has 0 aromatic rings. The third kappa shape index (κ3) is 1.24. The second kappa shape index (κ2) is 2.89. The van der Waals surface area contributed by atoms with E-state index >= 15 is 0 Å². The van der Waals surface area contributed by atoms with Crippen molar-refractivity contribution >= 4 is 5.71 Å². The van der Waals surface area contributed by atoms with Crippen molar-refractivity contribution in [2.75, 3.05) is 0 Å². The second-order valence-electron chi connectivity index (χ2n) is 3.68. The molecule has 0 aromatic carbocycles. The maximum Gasteiger partial charge on any atom is 0.0751 e. The van der Waals surface area contributed by atoms with Gasteiger partial charge in [0.2, 0.25) is 0 Å². The van der Waals surface area contributed by atoms with E-state index in [1.54, 1.807) is 0 Å². The third-order valence-corrected chi connectivity index (χ3v) is 2.69. The van der Waals surface area contributed by atoms with E-state index in [-0.39, 0.29) is 0 Å². The Bertz CT molecular complexity index is 271. The summed E-state index contributed by atoms with van der Waals surface area (Å²) in [5, 5.41) is 0. The van der Waals surface area contributed by atoms with E-state index in [0.717, 1.165) is 6.42 Å². The lowest BCUT2D eigenvalue weighted by atomic mass is 9.91. The van der Waals surface area contributed by atoms with E-state index in [1.165, 1.54) is 17.7 Å². The molecule has 0 radical (unpaired) electrons. The Hall–Kier alpha value is -0.850. The molecule has 0 aromatic heterocycles. The van der Waals surface area contributed by atoms with E-state index in [4.69, 9.17) is 0 Å². The van der Waals surface area contributed by atoms with E-state index < -0.39 is 0 Å². The zero-order chi connectivity index (χ0) is 8.55. The maximum atomic E-state index is 4.67. The molecule has 12 heavy (non-hydrogen) atoms. The van der Waals surface area contributed by atoms with Crippen LogP contribution in [0.4, 0.5) is 0 Å². The number of fused-ring (bicyclic) bond motifs is 1. The van der Waals surface area contributed by atoms with Crippen molar-refractivity contribution in [1.29, 1.82) is 0 Å². The van der Waals surface area contributed by atoms with Gasteiger partial charge in [-0.25, -0.2) is 0 Å². The van der Waals surface area contributed by atoms with E-state index in [9.17, 15) is 0 Å². The van der Waals surface area contributed by atoms with Gasteiger partial charge in [0.25, 0.3) is 0 Å². The van der Waals surface area contributed by atoms with Crippen molar-refractivity contribution < 1.29 is 0 Å². The summed E-state index contributed by atoms with van der Waals surface area (Å²) in [7, 11) is 0. The Morgan fingerprint density at radius 1 is 1.58 bits per heavy atom. The Labute approximate surface area is 73.9 Å². The van der Waals surface area contributed by atoms with Gasteiger partial charge < -0.3 is 0 Å². The molecule has 2 unspecified atom stereocenters. The minimum Gasteiger partial charge on any atom is -0.286 e. The fraction of sp³-hybridized carbons (Fsp3) is 0.545. The Morgan fingerprint density at radius 3 is 3.17 bits per heavy atom. The summed E-state index contributed by atoms with van der Waals surface area (Å²) in [5.41, 5.74) is 2.75. The van der Waals surface area contributed by atoms with Crippen LogP contribution in [0.1, 0.15) is 26.7 Å². The van der Waals surface area contributed by atoms with Gasteiger partial charge in [-0.05, 0) is 19.8 Å². The van der Waals surface area contributed by atoms with Crippen LogP contribution in [-0.4, -0.2) is 11.8 Å². The zero-order valence-electron chi connectivity index (χ0n) is 7.75. The fourth-order valence-corrected chi connectivity index (χ4v) is 1.93. The van der Waals surface area contributed by atoms with Crippen LogP contribution in [0.2, 0.25) is 0 Å². The molecule has 0 saturated carbocycles. The summed E-state index contributed by atoms with van der Waals surface area (Å²) < 4.78 is 0. The predicted octanol–water partition coefficient (Wildman–Crippen LogP) is 2.74. The molecule has 0 spiro atoms. The monoisotopic (exact) mass is 161 g/mol. The smallest absolute Gasteiger partial charge is 0.0751 e. The summed E-state index contributed by atoms with van der Waals surface area (Å²) in [6.45, 7) is 4.34. The van der Waals surface area contributed by atoms with Crippen LogP contribution in [0.3, 0.4) is 0 Å². The highest BCUT2D eigenvalue weighted by molar-refractivity contribution is 5.87. The molecule has 0 bridgehead atoms. The lowest BCUT2D eigenvalue weighted by Crippen LogP contribution is -2.11. The zero-order valence-corrected chi connectivity index (χ0v) is 7.75. The summed E-state index contributed by atoms with van der Waals surface area (Å²) in [5.74, 6) is 0.670. The second-order valence-corrected chi connectivity index (χ2v) is 3.68. The molecule has 0 saturated heterocycles. The van der Waals surface area contributed by atoms with E-state index in [1.807, 2.05) is 0 Å². The van der Waals surface area contributed by atoms with Gasteiger partial charge in [0, 0.05) is 11.6 Å². The number of hydrogen-bond donors (Lipinski definition) is 0. The van der Waals surface area contributed by atoms with Crippen molar-refractivity contribution in [3.63, 3.8) is 0 Å². The number of hydrogen-bond acceptors (Lipinski definition) is 1. The lowest BCUT2D eigenvalue weighted by molar-refractivity contribution is 0.632. The predicted molar refractivity (Wildman–Crippen MR) is 52.5 cm³/mol. The summed E-state index contributed by atoms with van der Waals surface area (Å²) >= 11 is 0. The molecule has 2 atom stereocenters. The van der Waals surface area contributed by atoms with Crippen molar-refractivity contribution in [2.24, 2.45) is 10.9 Å². The van der Waals surface area contributed by atoms with Gasteiger partial charge in [0.05, 0.1) is 6.04 Å². The quantitative estimate of drug-likeness (QED) is 0.560. The highest BCUT2D eigenvalue weighted by Crippen LogP contribution is 2.29.